The van der Waals surface area contributed by atoms with Gasteiger partial charge in [-0.15, -0.1) is 0 Å². The largest absolute Gasteiger partial charge is 0.423 e. The SMILES string of the molecule is Nc1cccc2oc(Nc3cc(F)ccc3Cl)nc12. The molecule has 0 radical (unpaired) electrons. The van der Waals surface area contributed by atoms with Crippen LogP contribution in [-0.2, 0) is 0 Å². The van der Waals surface area contributed by atoms with Crippen LogP contribution in [0.25, 0.3) is 11.1 Å². The first-order valence-electron chi connectivity index (χ1n) is 5.50. The van der Waals surface area contributed by atoms with Crippen LogP contribution in [0.2, 0.25) is 5.02 Å². The molecule has 0 spiro atoms. The van der Waals surface area contributed by atoms with Crippen molar-refractivity contribution in [2.45, 2.75) is 0 Å². The second-order valence-corrected chi connectivity index (χ2v) is 4.37. The van der Waals surface area contributed by atoms with Gasteiger partial charge in [-0.1, -0.05) is 17.7 Å². The van der Waals surface area contributed by atoms with E-state index in [1.165, 1.54) is 18.2 Å². The first-order valence-corrected chi connectivity index (χ1v) is 5.88. The van der Waals surface area contributed by atoms with Gasteiger partial charge in [0, 0.05) is 0 Å². The summed E-state index contributed by atoms with van der Waals surface area (Å²) in [5.74, 6) is -0.400. The van der Waals surface area contributed by atoms with E-state index in [1.54, 1.807) is 18.2 Å². The van der Waals surface area contributed by atoms with Crippen molar-refractivity contribution in [3.05, 3.63) is 47.2 Å². The van der Waals surface area contributed by atoms with E-state index in [-0.39, 0.29) is 6.01 Å². The molecule has 1 aromatic heterocycles. The zero-order valence-electron chi connectivity index (χ0n) is 9.65. The Bertz CT molecular complexity index is 757. The minimum absolute atomic E-state index is 0.209. The highest BCUT2D eigenvalue weighted by molar-refractivity contribution is 6.33. The fourth-order valence-electron chi connectivity index (χ4n) is 1.73. The maximum Gasteiger partial charge on any atom is 0.300 e. The van der Waals surface area contributed by atoms with Crippen LogP contribution < -0.4 is 11.1 Å². The fraction of sp³-hybridized carbons (Fsp3) is 0. The fourth-order valence-corrected chi connectivity index (χ4v) is 1.90. The molecule has 0 aliphatic rings. The van der Waals surface area contributed by atoms with Crippen molar-refractivity contribution < 1.29 is 8.81 Å². The third kappa shape index (κ3) is 2.20. The number of nitrogen functional groups attached to an aromatic ring is 1. The van der Waals surface area contributed by atoms with E-state index in [0.29, 0.717) is 27.5 Å². The quantitative estimate of drug-likeness (QED) is 0.696. The number of aromatic nitrogens is 1. The lowest BCUT2D eigenvalue weighted by atomic mass is 10.3. The minimum atomic E-state index is -0.400. The van der Waals surface area contributed by atoms with E-state index in [9.17, 15) is 4.39 Å². The summed E-state index contributed by atoms with van der Waals surface area (Å²) in [5.41, 5.74) is 7.78. The van der Waals surface area contributed by atoms with Gasteiger partial charge in [-0.25, -0.2) is 4.39 Å². The number of rotatable bonds is 2. The summed E-state index contributed by atoms with van der Waals surface area (Å²) >= 11 is 5.95. The molecule has 19 heavy (non-hydrogen) atoms. The lowest BCUT2D eigenvalue weighted by Gasteiger charge is -2.03. The first-order chi connectivity index (χ1) is 9.13. The smallest absolute Gasteiger partial charge is 0.300 e. The normalized spacial score (nSPS) is 10.8. The molecule has 96 valence electrons. The molecule has 0 amide bonds. The second-order valence-electron chi connectivity index (χ2n) is 3.96. The van der Waals surface area contributed by atoms with Gasteiger partial charge in [0.2, 0.25) is 0 Å². The third-order valence-corrected chi connectivity index (χ3v) is 2.95. The number of hydrogen-bond acceptors (Lipinski definition) is 4. The molecule has 0 bridgehead atoms. The van der Waals surface area contributed by atoms with E-state index in [4.69, 9.17) is 21.8 Å². The Morgan fingerprint density at radius 3 is 2.89 bits per heavy atom. The number of halogens is 2. The number of hydrogen-bond donors (Lipinski definition) is 2. The van der Waals surface area contributed by atoms with Gasteiger partial charge in [-0.05, 0) is 30.3 Å². The molecule has 0 atom stereocenters. The number of oxazole rings is 1. The monoisotopic (exact) mass is 277 g/mol. The summed E-state index contributed by atoms with van der Waals surface area (Å²) in [6.07, 6.45) is 0. The number of nitrogens with one attached hydrogen (secondary N) is 1. The van der Waals surface area contributed by atoms with E-state index in [2.05, 4.69) is 10.3 Å². The van der Waals surface area contributed by atoms with Gasteiger partial charge in [-0.3, -0.25) is 0 Å². The lowest BCUT2D eigenvalue weighted by molar-refractivity contribution is 0.620. The molecule has 0 aliphatic heterocycles. The molecule has 0 saturated heterocycles. The summed E-state index contributed by atoms with van der Waals surface area (Å²) in [6.45, 7) is 0. The van der Waals surface area contributed by atoms with Crippen molar-refractivity contribution in [3.63, 3.8) is 0 Å². The molecular weight excluding hydrogens is 269 g/mol. The highest BCUT2D eigenvalue weighted by atomic mass is 35.5. The maximum atomic E-state index is 13.1. The maximum absolute atomic E-state index is 13.1. The average Bonchev–Trinajstić information content (AvgIpc) is 2.78. The predicted octanol–water partition coefficient (Wildman–Crippen LogP) is 3.95. The summed E-state index contributed by atoms with van der Waals surface area (Å²) in [4.78, 5) is 4.19. The number of nitrogens with zero attached hydrogens (tertiary/aromatic N) is 1. The highest BCUT2D eigenvalue weighted by Gasteiger charge is 2.10. The van der Waals surface area contributed by atoms with Crippen LogP contribution >= 0.6 is 11.6 Å². The van der Waals surface area contributed by atoms with Crippen LogP contribution in [0, 0.1) is 5.82 Å². The molecule has 4 nitrogen and oxygen atoms in total. The molecule has 1 heterocycles. The number of benzene rings is 2. The Morgan fingerprint density at radius 2 is 2.11 bits per heavy atom. The summed E-state index contributed by atoms with van der Waals surface area (Å²) in [6, 6.07) is 9.44. The molecule has 2 aromatic carbocycles. The van der Waals surface area contributed by atoms with Crippen LogP contribution in [0.15, 0.2) is 40.8 Å². The molecule has 3 aromatic rings. The predicted molar refractivity (Wildman–Crippen MR) is 73.1 cm³/mol. The number of nitrogens with two attached hydrogens (primary N) is 1. The van der Waals surface area contributed by atoms with Gasteiger partial charge in [0.25, 0.3) is 6.01 Å². The number of para-hydroxylation sites is 1. The van der Waals surface area contributed by atoms with Crippen LogP contribution in [0.1, 0.15) is 0 Å². The molecule has 0 saturated carbocycles. The van der Waals surface area contributed by atoms with Gasteiger partial charge < -0.3 is 15.5 Å². The molecule has 0 unspecified atom stereocenters. The third-order valence-electron chi connectivity index (χ3n) is 2.62. The zero-order valence-corrected chi connectivity index (χ0v) is 10.4. The standard InChI is InChI=1S/C13H9ClFN3O/c14-8-5-4-7(15)6-10(8)17-13-18-12-9(16)2-1-3-11(12)19-13/h1-6H,16H2,(H,17,18). The Morgan fingerprint density at radius 1 is 1.26 bits per heavy atom. The summed E-state index contributed by atoms with van der Waals surface area (Å²) < 4.78 is 18.6. The van der Waals surface area contributed by atoms with Crippen molar-refractivity contribution in [1.29, 1.82) is 0 Å². The van der Waals surface area contributed by atoms with Gasteiger partial charge in [0.1, 0.15) is 11.3 Å². The van der Waals surface area contributed by atoms with E-state index >= 15 is 0 Å². The number of anilines is 3. The Balaban J connectivity index is 2.01. The lowest BCUT2D eigenvalue weighted by Crippen LogP contribution is -1.92. The van der Waals surface area contributed by atoms with E-state index in [1.807, 2.05) is 0 Å². The van der Waals surface area contributed by atoms with Gasteiger partial charge >= 0.3 is 0 Å². The molecule has 3 rings (SSSR count). The van der Waals surface area contributed by atoms with Crippen LogP contribution in [0.3, 0.4) is 0 Å². The van der Waals surface area contributed by atoms with Gasteiger partial charge in [0.15, 0.2) is 5.58 Å². The van der Waals surface area contributed by atoms with Crippen molar-refractivity contribution in [1.82, 2.24) is 4.98 Å². The summed E-state index contributed by atoms with van der Waals surface area (Å²) in [7, 11) is 0. The molecule has 6 heteroatoms. The Kier molecular flexibility index (Phi) is 2.76. The highest BCUT2D eigenvalue weighted by Crippen LogP contribution is 2.29. The average molecular weight is 278 g/mol. The number of fused-ring (bicyclic) bond motifs is 1. The van der Waals surface area contributed by atoms with Crippen LogP contribution in [-0.4, -0.2) is 4.98 Å². The zero-order chi connectivity index (χ0) is 13.4. The molecule has 3 N–H and O–H groups in total. The van der Waals surface area contributed by atoms with Gasteiger partial charge in [-0.2, -0.15) is 4.98 Å². The van der Waals surface area contributed by atoms with Crippen molar-refractivity contribution in [3.8, 4) is 0 Å². The van der Waals surface area contributed by atoms with Crippen LogP contribution in [0.4, 0.5) is 21.8 Å². The minimum Gasteiger partial charge on any atom is -0.423 e. The molecular formula is C13H9ClFN3O. The topological polar surface area (TPSA) is 64.1 Å². The van der Waals surface area contributed by atoms with Crippen molar-refractivity contribution >= 4 is 40.1 Å². The van der Waals surface area contributed by atoms with Gasteiger partial charge in [0.05, 0.1) is 16.4 Å². The Labute approximate surface area is 113 Å². The summed E-state index contributed by atoms with van der Waals surface area (Å²) in [5, 5.41) is 3.20. The molecule has 0 fully saturated rings. The van der Waals surface area contributed by atoms with Crippen molar-refractivity contribution in [2.24, 2.45) is 0 Å². The first kappa shape index (κ1) is 11.8. The van der Waals surface area contributed by atoms with Crippen LogP contribution in [0.5, 0.6) is 0 Å². The van der Waals surface area contributed by atoms with E-state index in [0.717, 1.165) is 0 Å². The second kappa shape index (κ2) is 4.44. The van der Waals surface area contributed by atoms with E-state index < -0.39 is 5.82 Å². The Hall–Kier alpha value is -2.27. The molecule has 0 aliphatic carbocycles. The van der Waals surface area contributed by atoms with Crippen molar-refractivity contribution in [2.75, 3.05) is 11.1 Å².